The largest absolute Gasteiger partial charge is 0.416 e. The predicted molar refractivity (Wildman–Crippen MR) is 52.3 cm³/mol. The minimum absolute atomic E-state index is 0.288. The number of fused-ring (bicyclic) bond motifs is 1. The van der Waals surface area contributed by atoms with Crippen LogP contribution in [0.15, 0.2) is 18.2 Å². The third kappa shape index (κ3) is 1.31. The molecule has 2 nitrogen and oxygen atoms in total. The van der Waals surface area contributed by atoms with E-state index < -0.39 is 11.7 Å². The van der Waals surface area contributed by atoms with E-state index in [0.29, 0.717) is 30.9 Å². The van der Waals surface area contributed by atoms with Gasteiger partial charge in [-0.25, -0.2) is 0 Å². The Labute approximate surface area is 90.4 Å². The number of halogens is 3. The molecule has 16 heavy (non-hydrogen) atoms. The topological polar surface area (TPSA) is 21.3 Å². The summed E-state index contributed by atoms with van der Waals surface area (Å²) < 4.78 is 43.3. The highest BCUT2D eigenvalue weighted by Gasteiger charge is 2.47. The molecule has 0 radical (unpaired) electrons. The first-order valence-corrected chi connectivity index (χ1v) is 5.05. The van der Waals surface area contributed by atoms with Gasteiger partial charge in [-0.2, -0.15) is 13.2 Å². The minimum atomic E-state index is -4.27. The fourth-order valence-corrected chi connectivity index (χ4v) is 2.35. The molecule has 3 rings (SSSR count). The average Bonchev–Trinajstić information content (AvgIpc) is 2.53. The van der Waals surface area contributed by atoms with Crippen molar-refractivity contribution in [3.63, 3.8) is 0 Å². The van der Waals surface area contributed by atoms with Gasteiger partial charge in [0.1, 0.15) is 0 Å². The Balaban J connectivity index is 2.04. The maximum atomic E-state index is 12.8. The van der Waals surface area contributed by atoms with Gasteiger partial charge in [0, 0.05) is 12.1 Å². The van der Waals surface area contributed by atoms with Crippen LogP contribution in [0.3, 0.4) is 0 Å². The van der Waals surface area contributed by atoms with Gasteiger partial charge in [-0.1, -0.05) is 6.07 Å². The Hall–Kier alpha value is -1.23. The molecule has 0 aromatic heterocycles. The lowest BCUT2D eigenvalue weighted by Crippen LogP contribution is -2.54. The number of benzene rings is 1. The van der Waals surface area contributed by atoms with Gasteiger partial charge < -0.3 is 10.1 Å². The lowest BCUT2D eigenvalue weighted by atomic mass is 9.91. The summed E-state index contributed by atoms with van der Waals surface area (Å²) in [6, 6.07) is 4.27. The molecule has 1 aromatic rings. The van der Waals surface area contributed by atoms with Gasteiger partial charge in [0.05, 0.1) is 24.3 Å². The van der Waals surface area contributed by atoms with Crippen molar-refractivity contribution >= 4 is 5.69 Å². The Morgan fingerprint density at radius 3 is 2.56 bits per heavy atom. The summed E-state index contributed by atoms with van der Waals surface area (Å²) in [5.41, 5.74) is 0.154. The number of ether oxygens (including phenoxy) is 1. The van der Waals surface area contributed by atoms with Crippen LogP contribution >= 0.6 is 0 Å². The number of hydrogen-bond acceptors (Lipinski definition) is 2. The number of anilines is 1. The normalized spacial score (nSPS) is 21.4. The monoisotopic (exact) mass is 229 g/mol. The van der Waals surface area contributed by atoms with Gasteiger partial charge in [0.2, 0.25) is 0 Å². The Kier molecular flexibility index (Phi) is 1.81. The van der Waals surface area contributed by atoms with Crippen molar-refractivity contribution in [2.75, 3.05) is 18.5 Å². The second-order valence-electron chi connectivity index (χ2n) is 4.40. The van der Waals surface area contributed by atoms with Gasteiger partial charge in [-0.3, -0.25) is 0 Å². The van der Waals surface area contributed by atoms with Crippen LogP contribution in [0.25, 0.3) is 0 Å². The summed E-state index contributed by atoms with van der Waals surface area (Å²) in [6.07, 6.45) is -3.87. The summed E-state index contributed by atoms with van der Waals surface area (Å²) in [5, 5.41) is 3.13. The summed E-state index contributed by atoms with van der Waals surface area (Å²) in [6.45, 7) is 0.970. The van der Waals surface area contributed by atoms with E-state index in [2.05, 4.69) is 5.32 Å². The van der Waals surface area contributed by atoms with E-state index in [9.17, 15) is 13.2 Å². The van der Waals surface area contributed by atoms with Gasteiger partial charge in [-0.15, -0.1) is 0 Å². The number of hydrogen-bond donors (Lipinski definition) is 1. The minimum Gasteiger partial charge on any atom is -0.376 e. The van der Waals surface area contributed by atoms with E-state index in [1.165, 1.54) is 6.07 Å². The van der Waals surface area contributed by atoms with Crippen molar-refractivity contribution in [1.29, 1.82) is 0 Å². The van der Waals surface area contributed by atoms with Gasteiger partial charge in [-0.05, 0) is 17.7 Å². The molecular formula is C11H10F3NO. The molecule has 5 heteroatoms. The first-order chi connectivity index (χ1) is 7.50. The summed E-state index contributed by atoms with van der Waals surface area (Å²) in [7, 11) is 0. The van der Waals surface area contributed by atoms with Crippen molar-refractivity contribution in [3.8, 4) is 0 Å². The lowest BCUT2D eigenvalue weighted by molar-refractivity contribution is -0.138. The van der Waals surface area contributed by atoms with Crippen molar-refractivity contribution in [2.24, 2.45) is 0 Å². The van der Waals surface area contributed by atoms with Crippen LogP contribution in [0.5, 0.6) is 0 Å². The smallest absolute Gasteiger partial charge is 0.376 e. The quantitative estimate of drug-likeness (QED) is 0.737. The van der Waals surface area contributed by atoms with Crippen molar-refractivity contribution < 1.29 is 17.9 Å². The van der Waals surface area contributed by atoms with Gasteiger partial charge in [0.15, 0.2) is 0 Å². The van der Waals surface area contributed by atoms with Crippen LogP contribution < -0.4 is 5.32 Å². The highest BCUT2D eigenvalue weighted by atomic mass is 19.4. The summed E-state index contributed by atoms with van der Waals surface area (Å²) in [4.78, 5) is 0. The summed E-state index contributed by atoms with van der Waals surface area (Å²) >= 11 is 0. The zero-order chi connectivity index (χ0) is 11.4. The van der Waals surface area contributed by atoms with Crippen LogP contribution in [0.1, 0.15) is 11.1 Å². The second-order valence-corrected chi connectivity index (χ2v) is 4.40. The van der Waals surface area contributed by atoms with Crippen molar-refractivity contribution in [1.82, 2.24) is 0 Å². The maximum absolute atomic E-state index is 12.8. The molecule has 1 fully saturated rings. The molecule has 1 N–H and O–H groups in total. The number of alkyl halides is 3. The second kappa shape index (κ2) is 2.91. The van der Waals surface area contributed by atoms with E-state index in [1.54, 1.807) is 6.07 Å². The SMILES string of the molecule is FC(F)(F)c1cccc2c1CC1(COC1)N2. The Morgan fingerprint density at radius 1 is 1.25 bits per heavy atom. The van der Waals surface area contributed by atoms with Gasteiger partial charge in [0.25, 0.3) is 0 Å². The molecule has 86 valence electrons. The molecule has 1 saturated heterocycles. The molecule has 0 saturated carbocycles. The Morgan fingerprint density at radius 2 is 2.00 bits per heavy atom. The zero-order valence-electron chi connectivity index (χ0n) is 8.40. The van der Waals surface area contributed by atoms with Crippen molar-refractivity contribution in [2.45, 2.75) is 18.1 Å². The standard InChI is InChI=1S/C11H10F3NO/c12-11(13,14)8-2-1-3-9-7(8)4-10(15-9)5-16-6-10/h1-3,15H,4-6H2. The molecule has 1 aromatic carbocycles. The molecule has 0 unspecified atom stereocenters. The molecule has 0 amide bonds. The molecular weight excluding hydrogens is 219 g/mol. The molecule has 2 aliphatic heterocycles. The zero-order valence-corrected chi connectivity index (χ0v) is 8.40. The predicted octanol–water partition coefficient (Wildman–Crippen LogP) is 2.44. The number of rotatable bonds is 0. The van der Waals surface area contributed by atoms with E-state index in [4.69, 9.17) is 4.74 Å². The molecule has 2 heterocycles. The summed E-state index contributed by atoms with van der Waals surface area (Å²) in [5.74, 6) is 0. The van der Waals surface area contributed by atoms with E-state index in [0.717, 1.165) is 6.07 Å². The van der Waals surface area contributed by atoms with Gasteiger partial charge >= 0.3 is 6.18 Å². The first-order valence-electron chi connectivity index (χ1n) is 5.05. The fraction of sp³-hybridized carbons (Fsp3) is 0.455. The van der Waals surface area contributed by atoms with Crippen LogP contribution in [0.2, 0.25) is 0 Å². The van der Waals surface area contributed by atoms with Crippen LogP contribution in [-0.4, -0.2) is 18.8 Å². The molecule has 0 bridgehead atoms. The van der Waals surface area contributed by atoms with Crippen LogP contribution in [0, 0.1) is 0 Å². The van der Waals surface area contributed by atoms with E-state index >= 15 is 0 Å². The molecule has 0 aliphatic carbocycles. The molecule has 0 atom stereocenters. The third-order valence-electron chi connectivity index (χ3n) is 3.15. The van der Waals surface area contributed by atoms with Crippen LogP contribution in [-0.2, 0) is 17.3 Å². The van der Waals surface area contributed by atoms with E-state index in [1.807, 2.05) is 0 Å². The molecule has 1 spiro atoms. The van der Waals surface area contributed by atoms with Crippen molar-refractivity contribution in [3.05, 3.63) is 29.3 Å². The highest BCUT2D eigenvalue weighted by Crippen LogP contribution is 2.43. The third-order valence-corrected chi connectivity index (χ3v) is 3.15. The maximum Gasteiger partial charge on any atom is 0.416 e. The lowest BCUT2D eigenvalue weighted by Gasteiger charge is -2.38. The number of nitrogens with one attached hydrogen (secondary N) is 1. The fourth-order valence-electron chi connectivity index (χ4n) is 2.35. The van der Waals surface area contributed by atoms with Crippen LogP contribution in [0.4, 0.5) is 18.9 Å². The first kappa shape index (κ1) is 9.96. The Bertz CT molecular complexity index is 437. The van der Waals surface area contributed by atoms with E-state index in [-0.39, 0.29) is 5.54 Å². The average molecular weight is 229 g/mol. The highest BCUT2D eigenvalue weighted by molar-refractivity contribution is 5.63. The molecule has 2 aliphatic rings.